The first kappa shape index (κ1) is 21.9. The zero-order valence-electron chi connectivity index (χ0n) is 17.9. The van der Waals surface area contributed by atoms with E-state index in [9.17, 15) is 8.42 Å². The van der Waals surface area contributed by atoms with Crippen LogP contribution in [0.1, 0.15) is 30.2 Å². The quantitative estimate of drug-likeness (QED) is 0.450. The molecule has 0 saturated heterocycles. The van der Waals surface area contributed by atoms with Crippen molar-refractivity contribution in [1.82, 2.24) is 20.3 Å². The Morgan fingerprint density at radius 1 is 1.06 bits per heavy atom. The minimum absolute atomic E-state index is 0.0305. The first-order chi connectivity index (χ1) is 15.2. The predicted molar refractivity (Wildman–Crippen MR) is 118 cm³/mol. The van der Waals surface area contributed by atoms with Gasteiger partial charge in [0.05, 0.1) is 11.4 Å². The van der Waals surface area contributed by atoms with Crippen molar-refractivity contribution in [2.75, 3.05) is 7.05 Å². The third-order valence-corrected chi connectivity index (χ3v) is 6.26. The Bertz CT molecular complexity index is 1310. The van der Waals surface area contributed by atoms with Gasteiger partial charge < -0.3 is 8.94 Å². The first-order valence-electron chi connectivity index (χ1n) is 9.91. The molecular formula is C22H23N5O4S. The number of primary sulfonamides is 1. The van der Waals surface area contributed by atoms with Gasteiger partial charge >= 0.3 is 0 Å². The number of nitrogens with zero attached hydrogens (tertiary/aromatic N) is 4. The lowest BCUT2D eigenvalue weighted by atomic mass is 10.1. The van der Waals surface area contributed by atoms with Crippen molar-refractivity contribution < 1.29 is 17.4 Å². The summed E-state index contributed by atoms with van der Waals surface area (Å²) in [5, 5.41) is 17.7. The molecule has 0 spiro atoms. The van der Waals surface area contributed by atoms with Gasteiger partial charge in [0.25, 0.3) is 5.89 Å². The topological polar surface area (TPSA) is 128 Å². The van der Waals surface area contributed by atoms with Gasteiger partial charge in [-0.05, 0) is 38.6 Å². The zero-order chi connectivity index (χ0) is 22.9. The molecule has 0 bridgehead atoms. The summed E-state index contributed by atoms with van der Waals surface area (Å²) < 4.78 is 34.2. The van der Waals surface area contributed by atoms with Crippen molar-refractivity contribution in [1.29, 1.82) is 0 Å². The van der Waals surface area contributed by atoms with Gasteiger partial charge in [0.2, 0.25) is 15.9 Å². The zero-order valence-corrected chi connectivity index (χ0v) is 18.7. The number of nitrogens with two attached hydrogens (primary N) is 1. The van der Waals surface area contributed by atoms with Crippen LogP contribution < -0.4 is 5.14 Å². The molecule has 0 amide bonds. The van der Waals surface area contributed by atoms with E-state index in [4.69, 9.17) is 14.1 Å². The molecule has 2 aromatic carbocycles. The molecule has 4 aromatic rings. The van der Waals surface area contributed by atoms with Crippen molar-refractivity contribution in [3.63, 3.8) is 0 Å². The fraction of sp³-hybridized carbons (Fsp3) is 0.227. The molecular weight excluding hydrogens is 430 g/mol. The summed E-state index contributed by atoms with van der Waals surface area (Å²) in [5.74, 6) is 1.38. The molecule has 2 N–H and O–H groups in total. The maximum atomic E-state index is 11.5. The van der Waals surface area contributed by atoms with E-state index in [-0.39, 0.29) is 10.9 Å². The van der Waals surface area contributed by atoms with Gasteiger partial charge in [-0.2, -0.15) is 0 Å². The van der Waals surface area contributed by atoms with Crippen LogP contribution in [0.3, 0.4) is 0 Å². The van der Waals surface area contributed by atoms with Gasteiger partial charge in [0.15, 0.2) is 0 Å². The van der Waals surface area contributed by atoms with E-state index in [0.717, 1.165) is 11.1 Å². The van der Waals surface area contributed by atoms with Crippen LogP contribution in [0.25, 0.3) is 22.7 Å². The molecule has 0 radical (unpaired) electrons. The molecule has 0 unspecified atom stereocenters. The van der Waals surface area contributed by atoms with Gasteiger partial charge in [0, 0.05) is 11.6 Å². The predicted octanol–water partition coefficient (Wildman–Crippen LogP) is 3.54. The molecule has 10 heteroatoms. The molecule has 166 valence electrons. The van der Waals surface area contributed by atoms with E-state index in [1.54, 1.807) is 19.1 Å². The number of rotatable bonds is 7. The molecule has 32 heavy (non-hydrogen) atoms. The highest BCUT2D eigenvalue weighted by Gasteiger charge is 2.23. The summed E-state index contributed by atoms with van der Waals surface area (Å²) >= 11 is 0. The molecule has 1 atom stereocenters. The minimum Gasteiger partial charge on any atom is -0.419 e. The van der Waals surface area contributed by atoms with Crippen LogP contribution in [0.4, 0.5) is 0 Å². The van der Waals surface area contributed by atoms with E-state index >= 15 is 0 Å². The highest BCUT2D eigenvalue weighted by atomic mass is 32.2. The Morgan fingerprint density at radius 3 is 2.41 bits per heavy atom. The Kier molecular flexibility index (Phi) is 5.92. The molecule has 0 aliphatic heterocycles. The van der Waals surface area contributed by atoms with Crippen molar-refractivity contribution in [2.45, 2.75) is 31.3 Å². The van der Waals surface area contributed by atoms with Crippen LogP contribution in [-0.2, 0) is 16.6 Å². The largest absolute Gasteiger partial charge is 0.419 e. The standard InChI is InChI=1S/C22H23N5O4S/c1-14(16-9-11-18(12-10-16)32(23,28)29)27(3)13-19-24-25-22(30-19)20-15(2)31-26-21(20)17-7-5-4-6-8-17/h4-12,14H,13H2,1-3H3,(H2,23,28,29)/t14-/m1/s1. The summed E-state index contributed by atoms with van der Waals surface area (Å²) in [6, 6.07) is 16.1. The van der Waals surface area contributed by atoms with Crippen molar-refractivity contribution in [2.24, 2.45) is 5.14 Å². The smallest absolute Gasteiger partial charge is 0.253 e. The van der Waals surface area contributed by atoms with Gasteiger partial charge in [-0.3, -0.25) is 4.90 Å². The van der Waals surface area contributed by atoms with Crippen molar-refractivity contribution in [3.8, 4) is 22.7 Å². The van der Waals surface area contributed by atoms with Crippen molar-refractivity contribution >= 4 is 10.0 Å². The Balaban J connectivity index is 1.52. The first-order valence-corrected chi connectivity index (χ1v) is 11.5. The number of hydrogen-bond acceptors (Lipinski definition) is 8. The second-order valence-corrected chi connectivity index (χ2v) is 9.10. The van der Waals surface area contributed by atoms with Gasteiger partial charge in [0.1, 0.15) is 17.0 Å². The Morgan fingerprint density at radius 2 is 1.75 bits per heavy atom. The molecule has 0 aliphatic carbocycles. The summed E-state index contributed by atoms with van der Waals surface area (Å²) in [7, 11) is -1.80. The van der Waals surface area contributed by atoms with E-state index in [0.29, 0.717) is 35.3 Å². The molecule has 2 heterocycles. The van der Waals surface area contributed by atoms with E-state index < -0.39 is 10.0 Å². The third kappa shape index (κ3) is 4.47. The summed E-state index contributed by atoms with van der Waals surface area (Å²) in [6.07, 6.45) is 0. The second-order valence-electron chi connectivity index (χ2n) is 7.53. The molecule has 0 fully saturated rings. The number of sulfonamides is 1. The molecule has 2 aromatic heterocycles. The van der Waals surface area contributed by atoms with Gasteiger partial charge in [-0.15, -0.1) is 10.2 Å². The third-order valence-electron chi connectivity index (χ3n) is 5.33. The monoisotopic (exact) mass is 453 g/mol. The molecule has 0 aliphatic rings. The average molecular weight is 454 g/mol. The van der Waals surface area contributed by atoms with Crippen LogP contribution in [0, 0.1) is 6.92 Å². The van der Waals surface area contributed by atoms with Gasteiger partial charge in [-0.1, -0.05) is 47.6 Å². The number of benzene rings is 2. The van der Waals surface area contributed by atoms with E-state index in [1.165, 1.54) is 12.1 Å². The van der Waals surface area contributed by atoms with Crippen LogP contribution in [0.5, 0.6) is 0 Å². The lowest BCUT2D eigenvalue weighted by molar-refractivity contribution is 0.228. The van der Waals surface area contributed by atoms with Crippen LogP contribution >= 0.6 is 0 Å². The maximum absolute atomic E-state index is 11.5. The van der Waals surface area contributed by atoms with Crippen LogP contribution in [-0.4, -0.2) is 35.7 Å². The number of aryl methyl sites for hydroxylation is 1. The van der Waals surface area contributed by atoms with E-state index in [1.807, 2.05) is 49.2 Å². The fourth-order valence-electron chi connectivity index (χ4n) is 3.38. The number of aromatic nitrogens is 3. The summed E-state index contributed by atoms with van der Waals surface area (Å²) in [6.45, 7) is 4.20. The number of hydrogen-bond donors (Lipinski definition) is 1. The summed E-state index contributed by atoms with van der Waals surface area (Å²) in [5.41, 5.74) is 3.15. The highest BCUT2D eigenvalue weighted by Crippen LogP contribution is 2.33. The highest BCUT2D eigenvalue weighted by molar-refractivity contribution is 7.89. The molecule has 0 saturated carbocycles. The SMILES string of the molecule is Cc1onc(-c2ccccc2)c1-c1nnc(CN(C)[C@H](C)c2ccc(S(N)(=O)=O)cc2)o1. The fourth-order valence-corrected chi connectivity index (χ4v) is 3.89. The second kappa shape index (κ2) is 8.65. The normalized spacial score (nSPS) is 12.9. The van der Waals surface area contributed by atoms with E-state index in [2.05, 4.69) is 15.4 Å². The summed E-state index contributed by atoms with van der Waals surface area (Å²) in [4.78, 5) is 2.10. The minimum atomic E-state index is -3.72. The van der Waals surface area contributed by atoms with Gasteiger partial charge in [-0.25, -0.2) is 13.6 Å². The Hall–Kier alpha value is -3.34. The lowest BCUT2D eigenvalue weighted by Gasteiger charge is -2.23. The molecule has 9 nitrogen and oxygen atoms in total. The maximum Gasteiger partial charge on any atom is 0.253 e. The van der Waals surface area contributed by atoms with Crippen LogP contribution in [0.15, 0.2) is 68.4 Å². The Labute approximate surface area is 185 Å². The lowest BCUT2D eigenvalue weighted by Crippen LogP contribution is -2.22. The molecule has 4 rings (SSSR count). The average Bonchev–Trinajstić information content (AvgIpc) is 3.39. The van der Waals surface area contributed by atoms with Crippen LogP contribution in [0.2, 0.25) is 0 Å². The van der Waals surface area contributed by atoms with Crippen molar-refractivity contribution in [3.05, 3.63) is 71.8 Å².